The number of H-pyrrole nitrogens is 1. The van der Waals surface area contributed by atoms with Gasteiger partial charge in [0.2, 0.25) is 0 Å². The fourth-order valence-corrected chi connectivity index (χ4v) is 2.31. The van der Waals surface area contributed by atoms with Gasteiger partial charge in [0.1, 0.15) is 5.75 Å². The summed E-state index contributed by atoms with van der Waals surface area (Å²) in [6.07, 6.45) is 0. The second kappa shape index (κ2) is 5.46. The maximum atomic E-state index is 11.6. The summed E-state index contributed by atoms with van der Waals surface area (Å²) in [5.41, 5.74) is 1.50. The van der Waals surface area contributed by atoms with Gasteiger partial charge in [-0.2, -0.15) is 5.10 Å². The highest BCUT2D eigenvalue weighted by Crippen LogP contribution is 2.22. The van der Waals surface area contributed by atoms with Gasteiger partial charge in [-0.05, 0) is 35.9 Å². The molecule has 0 saturated heterocycles. The Morgan fingerprint density at radius 3 is 2.86 bits per heavy atom. The average molecular weight is 302 g/mol. The summed E-state index contributed by atoms with van der Waals surface area (Å²) in [7, 11) is 0. The highest BCUT2D eigenvalue weighted by Gasteiger charge is 2.05. The molecule has 0 radical (unpaired) electrons. The molecule has 1 heterocycles. The number of aromatic amines is 1. The monoisotopic (exact) mass is 301 g/mol. The molecule has 0 unspecified atom stereocenters. The Morgan fingerprint density at radius 1 is 1.19 bits per heavy atom. The van der Waals surface area contributed by atoms with Gasteiger partial charge in [0.25, 0.3) is 5.56 Å². The van der Waals surface area contributed by atoms with E-state index in [1.54, 1.807) is 36.4 Å². The summed E-state index contributed by atoms with van der Waals surface area (Å²) in [5, 5.41) is 20.1. The van der Waals surface area contributed by atoms with Crippen molar-refractivity contribution in [2.24, 2.45) is 0 Å². The molecule has 0 saturated carbocycles. The van der Waals surface area contributed by atoms with Crippen molar-refractivity contribution in [1.82, 2.24) is 10.2 Å². The van der Waals surface area contributed by atoms with Crippen molar-refractivity contribution in [3.8, 4) is 5.75 Å². The van der Waals surface area contributed by atoms with Gasteiger partial charge in [-0.1, -0.05) is 23.7 Å². The minimum Gasteiger partial charge on any atom is -0.508 e. The Balaban J connectivity index is 1.88. The molecule has 0 bridgehead atoms. The van der Waals surface area contributed by atoms with Crippen LogP contribution >= 0.6 is 11.6 Å². The molecule has 1 aromatic heterocycles. The van der Waals surface area contributed by atoms with E-state index < -0.39 is 0 Å². The van der Waals surface area contributed by atoms with Crippen LogP contribution in [0.2, 0.25) is 5.15 Å². The van der Waals surface area contributed by atoms with Crippen LogP contribution in [0.4, 0.5) is 5.69 Å². The third-order valence-corrected chi connectivity index (χ3v) is 3.44. The zero-order valence-electron chi connectivity index (χ0n) is 10.9. The van der Waals surface area contributed by atoms with E-state index in [-0.39, 0.29) is 16.5 Å². The number of phenols is 1. The number of hydrogen-bond acceptors (Lipinski definition) is 4. The predicted octanol–water partition coefficient (Wildman–Crippen LogP) is 2.89. The van der Waals surface area contributed by atoms with Gasteiger partial charge < -0.3 is 10.4 Å². The van der Waals surface area contributed by atoms with E-state index in [4.69, 9.17) is 11.6 Å². The number of aromatic nitrogens is 2. The lowest BCUT2D eigenvalue weighted by Gasteiger charge is -2.08. The Labute approximate surface area is 125 Å². The molecule has 0 aliphatic carbocycles. The average Bonchev–Trinajstić information content (AvgIpc) is 2.49. The number of halogens is 1. The minimum atomic E-state index is -0.270. The van der Waals surface area contributed by atoms with E-state index in [0.29, 0.717) is 17.3 Å². The number of anilines is 1. The van der Waals surface area contributed by atoms with Crippen LogP contribution in [0.1, 0.15) is 5.56 Å². The number of fused-ring (bicyclic) bond motifs is 1. The van der Waals surface area contributed by atoms with Crippen molar-refractivity contribution in [3.63, 3.8) is 0 Å². The first-order valence-electron chi connectivity index (χ1n) is 6.33. The fourth-order valence-electron chi connectivity index (χ4n) is 2.11. The van der Waals surface area contributed by atoms with E-state index >= 15 is 0 Å². The lowest BCUT2D eigenvalue weighted by Crippen LogP contribution is -2.08. The largest absolute Gasteiger partial charge is 0.508 e. The van der Waals surface area contributed by atoms with E-state index in [9.17, 15) is 9.90 Å². The van der Waals surface area contributed by atoms with Crippen molar-refractivity contribution in [3.05, 3.63) is 63.5 Å². The first kappa shape index (κ1) is 13.5. The molecule has 0 aliphatic heterocycles. The minimum absolute atomic E-state index is 0.228. The lowest BCUT2D eigenvalue weighted by molar-refractivity contribution is 0.474. The Morgan fingerprint density at radius 2 is 2.05 bits per heavy atom. The number of benzene rings is 2. The second-order valence-electron chi connectivity index (χ2n) is 4.63. The molecular formula is C15H12ClN3O2. The molecule has 0 fully saturated rings. The van der Waals surface area contributed by atoms with Crippen LogP contribution in [-0.2, 0) is 6.54 Å². The maximum Gasteiger partial charge on any atom is 0.272 e. The van der Waals surface area contributed by atoms with Gasteiger partial charge in [-0.15, -0.1) is 0 Å². The standard InChI is InChI=1S/C15H12ClN3O2/c16-14-13-7-10(4-5-12(13)15(21)19-18-14)17-8-9-2-1-3-11(20)6-9/h1-7,17,20H,8H2,(H,19,21). The Kier molecular flexibility index (Phi) is 3.50. The van der Waals surface area contributed by atoms with Crippen LogP contribution in [-0.4, -0.2) is 15.3 Å². The molecule has 2 aromatic carbocycles. The van der Waals surface area contributed by atoms with Crippen LogP contribution in [0.25, 0.3) is 10.8 Å². The normalized spacial score (nSPS) is 10.7. The van der Waals surface area contributed by atoms with Crippen LogP contribution in [0.15, 0.2) is 47.3 Å². The molecular weight excluding hydrogens is 290 g/mol. The fraction of sp³-hybridized carbons (Fsp3) is 0.0667. The van der Waals surface area contributed by atoms with E-state index in [0.717, 1.165) is 11.3 Å². The van der Waals surface area contributed by atoms with Crippen molar-refractivity contribution >= 4 is 28.1 Å². The van der Waals surface area contributed by atoms with Gasteiger partial charge in [0.05, 0.1) is 5.39 Å². The number of aromatic hydroxyl groups is 1. The Hall–Kier alpha value is -2.53. The number of nitrogens with zero attached hydrogens (tertiary/aromatic N) is 1. The van der Waals surface area contributed by atoms with Crippen molar-refractivity contribution < 1.29 is 5.11 Å². The van der Waals surface area contributed by atoms with Crippen molar-refractivity contribution in [2.45, 2.75) is 6.54 Å². The van der Waals surface area contributed by atoms with Crippen LogP contribution in [0.5, 0.6) is 5.75 Å². The molecule has 0 spiro atoms. The first-order valence-corrected chi connectivity index (χ1v) is 6.71. The van der Waals surface area contributed by atoms with Crippen LogP contribution < -0.4 is 10.9 Å². The van der Waals surface area contributed by atoms with E-state index in [1.165, 1.54) is 0 Å². The first-order chi connectivity index (χ1) is 10.1. The summed E-state index contributed by atoms with van der Waals surface area (Å²) in [6, 6.07) is 12.3. The van der Waals surface area contributed by atoms with Crippen molar-refractivity contribution in [1.29, 1.82) is 0 Å². The number of phenolic OH excluding ortho intramolecular Hbond substituents is 1. The quantitative estimate of drug-likeness (QED) is 0.695. The molecule has 0 amide bonds. The van der Waals surface area contributed by atoms with Crippen LogP contribution in [0, 0.1) is 0 Å². The SMILES string of the molecule is O=c1[nH]nc(Cl)c2cc(NCc3cccc(O)c3)ccc12. The highest BCUT2D eigenvalue weighted by molar-refractivity contribution is 6.34. The van der Waals surface area contributed by atoms with Gasteiger partial charge in [-0.3, -0.25) is 4.79 Å². The Bertz CT molecular complexity index is 861. The number of nitrogens with one attached hydrogen (secondary N) is 2. The lowest BCUT2D eigenvalue weighted by atomic mass is 10.1. The zero-order chi connectivity index (χ0) is 14.8. The smallest absolute Gasteiger partial charge is 0.272 e. The van der Waals surface area contributed by atoms with Gasteiger partial charge in [-0.25, -0.2) is 5.10 Å². The zero-order valence-corrected chi connectivity index (χ0v) is 11.7. The topological polar surface area (TPSA) is 78.0 Å². The second-order valence-corrected chi connectivity index (χ2v) is 4.99. The van der Waals surface area contributed by atoms with Gasteiger partial charge in [0.15, 0.2) is 5.15 Å². The molecule has 5 nitrogen and oxygen atoms in total. The molecule has 3 aromatic rings. The van der Waals surface area contributed by atoms with E-state index in [1.807, 2.05) is 6.07 Å². The number of rotatable bonds is 3. The van der Waals surface area contributed by atoms with Gasteiger partial charge in [0, 0.05) is 17.6 Å². The summed E-state index contributed by atoms with van der Waals surface area (Å²) < 4.78 is 0. The summed E-state index contributed by atoms with van der Waals surface area (Å²) in [5.74, 6) is 0.228. The molecule has 0 atom stereocenters. The van der Waals surface area contributed by atoms with Crippen molar-refractivity contribution in [2.75, 3.05) is 5.32 Å². The summed E-state index contributed by atoms with van der Waals surface area (Å²) in [6.45, 7) is 0.550. The molecule has 0 aliphatic rings. The predicted molar refractivity (Wildman–Crippen MR) is 82.8 cm³/mol. The molecule has 3 rings (SSSR count). The third-order valence-electron chi connectivity index (χ3n) is 3.15. The van der Waals surface area contributed by atoms with E-state index in [2.05, 4.69) is 15.5 Å². The highest BCUT2D eigenvalue weighted by atomic mass is 35.5. The summed E-state index contributed by atoms with van der Waals surface area (Å²) >= 11 is 6.00. The maximum absolute atomic E-state index is 11.6. The van der Waals surface area contributed by atoms with Gasteiger partial charge >= 0.3 is 0 Å². The number of hydrogen-bond donors (Lipinski definition) is 3. The molecule has 3 N–H and O–H groups in total. The van der Waals surface area contributed by atoms with Crippen LogP contribution in [0.3, 0.4) is 0 Å². The third kappa shape index (κ3) is 2.83. The molecule has 106 valence electrons. The molecule has 6 heteroatoms. The summed E-state index contributed by atoms with van der Waals surface area (Å²) in [4.78, 5) is 11.6. The molecule has 21 heavy (non-hydrogen) atoms.